The minimum atomic E-state index is -4.26. The van der Waals surface area contributed by atoms with Crippen molar-refractivity contribution in [2.45, 2.75) is 10.3 Å². The highest BCUT2D eigenvalue weighted by Crippen LogP contribution is 2.21. The van der Waals surface area contributed by atoms with E-state index in [9.17, 15) is 13.2 Å². The fourth-order valence-corrected chi connectivity index (χ4v) is 1.58. The van der Waals surface area contributed by atoms with Crippen LogP contribution in [0.3, 0.4) is 0 Å². The van der Waals surface area contributed by atoms with Gasteiger partial charge in [0.2, 0.25) is 0 Å². The van der Waals surface area contributed by atoms with E-state index in [0.717, 1.165) is 12.1 Å². The zero-order chi connectivity index (χ0) is 11.6. The lowest BCUT2D eigenvalue weighted by Gasteiger charge is -2.04. The molecule has 0 aliphatic carbocycles. The van der Waals surface area contributed by atoms with Crippen LogP contribution in [-0.2, 0) is 14.9 Å². The quantitative estimate of drug-likeness (QED) is 0.623. The summed E-state index contributed by atoms with van der Waals surface area (Å²) >= 11 is 5.50. The largest absolute Gasteiger partial charge is 0.480 e. The molecule has 0 heterocycles. The molecule has 0 spiro atoms. The molecule has 0 saturated carbocycles. The normalized spacial score (nSPS) is 13.5. The number of hydrogen-bond donors (Lipinski definition) is 2. The number of rotatable bonds is 3. The minimum Gasteiger partial charge on any atom is -0.480 e. The van der Waals surface area contributed by atoms with Crippen LogP contribution in [0.25, 0.3) is 0 Å². The molecule has 2 N–H and O–H groups in total. The molecule has 82 valence electrons. The minimum absolute atomic E-state index is 0.247. The van der Waals surface area contributed by atoms with Crippen molar-refractivity contribution in [3.63, 3.8) is 0 Å². The molecule has 1 rings (SSSR count). The van der Waals surface area contributed by atoms with E-state index in [1.807, 2.05) is 0 Å². The summed E-state index contributed by atoms with van der Waals surface area (Å²) in [4.78, 5) is 10.2. The van der Waals surface area contributed by atoms with E-state index >= 15 is 0 Å². The van der Waals surface area contributed by atoms with Crippen LogP contribution in [0.15, 0.2) is 29.2 Å². The van der Waals surface area contributed by atoms with Crippen molar-refractivity contribution >= 4 is 27.7 Å². The van der Waals surface area contributed by atoms with Crippen LogP contribution in [0.5, 0.6) is 0 Å². The average Bonchev–Trinajstić information content (AvgIpc) is 2.15. The van der Waals surface area contributed by atoms with E-state index < -0.39 is 21.5 Å². The summed E-state index contributed by atoms with van der Waals surface area (Å²) in [5, 5.41) is 7.33. The molecule has 5 nitrogen and oxygen atoms in total. The van der Waals surface area contributed by atoms with Gasteiger partial charge in [0.05, 0.1) is 4.90 Å². The molecule has 0 amide bonds. The molecule has 0 bridgehead atoms. The summed E-state index contributed by atoms with van der Waals surface area (Å²) in [7, 11) is -4.26. The zero-order valence-electron chi connectivity index (χ0n) is 7.29. The molecule has 0 fully saturated rings. The Kier molecular flexibility index (Phi) is 3.33. The van der Waals surface area contributed by atoms with Gasteiger partial charge in [0.25, 0.3) is 10.1 Å². The van der Waals surface area contributed by atoms with Gasteiger partial charge in [-0.3, -0.25) is 9.35 Å². The standard InChI is InChI=1S/C8H7ClO5S/c9-7(8(10)11)5-1-3-6(4-2-5)15(12,13)14/h1-4,7H,(H,10,11)(H,12,13,14). The molecular weight excluding hydrogens is 244 g/mol. The maximum atomic E-state index is 10.7. The van der Waals surface area contributed by atoms with Gasteiger partial charge < -0.3 is 5.11 Å². The Morgan fingerprint density at radius 2 is 1.73 bits per heavy atom. The van der Waals surface area contributed by atoms with Crippen molar-refractivity contribution in [1.29, 1.82) is 0 Å². The highest BCUT2D eigenvalue weighted by molar-refractivity contribution is 7.85. The van der Waals surface area contributed by atoms with Crippen LogP contribution in [0.4, 0.5) is 0 Å². The lowest BCUT2D eigenvalue weighted by molar-refractivity contribution is -0.136. The van der Waals surface area contributed by atoms with Gasteiger partial charge in [-0.15, -0.1) is 11.6 Å². The monoisotopic (exact) mass is 250 g/mol. The van der Waals surface area contributed by atoms with Gasteiger partial charge >= 0.3 is 5.97 Å². The molecule has 15 heavy (non-hydrogen) atoms. The summed E-state index contributed by atoms with van der Waals surface area (Å²) in [6.07, 6.45) is 0. The van der Waals surface area contributed by atoms with E-state index in [0.29, 0.717) is 0 Å². The molecule has 0 aliphatic rings. The third-order valence-electron chi connectivity index (χ3n) is 1.69. The maximum Gasteiger partial charge on any atom is 0.326 e. The summed E-state index contributed by atoms with van der Waals surface area (Å²) in [6.45, 7) is 0. The van der Waals surface area contributed by atoms with Crippen molar-refractivity contribution in [3.05, 3.63) is 29.8 Å². The maximum absolute atomic E-state index is 10.7. The zero-order valence-corrected chi connectivity index (χ0v) is 8.86. The third-order valence-corrected chi connectivity index (χ3v) is 2.99. The molecule has 1 atom stereocenters. The number of halogens is 1. The van der Waals surface area contributed by atoms with Crippen molar-refractivity contribution in [1.82, 2.24) is 0 Å². The van der Waals surface area contributed by atoms with Crippen molar-refractivity contribution in [3.8, 4) is 0 Å². The predicted octanol–water partition coefficient (Wildman–Crippen LogP) is 1.30. The molecule has 1 aromatic rings. The number of carboxylic acid groups (broad SMARTS) is 1. The van der Waals surface area contributed by atoms with E-state index in [2.05, 4.69) is 0 Å². The molecule has 0 radical (unpaired) electrons. The highest BCUT2D eigenvalue weighted by atomic mass is 35.5. The second-order valence-corrected chi connectivity index (χ2v) is 4.60. The Morgan fingerprint density at radius 3 is 2.07 bits per heavy atom. The van der Waals surface area contributed by atoms with Crippen LogP contribution >= 0.6 is 11.6 Å². The van der Waals surface area contributed by atoms with Crippen LogP contribution in [-0.4, -0.2) is 24.0 Å². The topological polar surface area (TPSA) is 91.7 Å². The Balaban J connectivity index is 3.06. The first kappa shape index (κ1) is 12.0. The number of benzene rings is 1. The predicted molar refractivity (Wildman–Crippen MR) is 52.5 cm³/mol. The number of alkyl halides is 1. The fraction of sp³-hybridized carbons (Fsp3) is 0.125. The molecule has 0 aliphatic heterocycles. The van der Waals surface area contributed by atoms with Crippen LogP contribution in [0.1, 0.15) is 10.9 Å². The first-order chi connectivity index (χ1) is 6.82. The van der Waals surface area contributed by atoms with Crippen LogP contribution < -0.4 is 0 Å². The lowest BCUT2D eigenvalue weighted by atomic mass is 10.1. The van der Waals surface area contributed by atoms with Gasteiger partial charge in [0.1, 0.15) is 0 Å². The van der Waals surface area contributed by atoms with Gasteiger partial charge in [0.15, 0.2) is 5.38 Å². The third kappa shape index (κ3) is 2.92. The van der Waals surface area contributed by atoms with Crippen molar-refractivity contribution in [2.24, 2.45) is 0 Å². The van der Waals surface area contributed by atoms with Gasteiger partial charge in [-0.25, -0.2) is 0 Å². The van der Waals surface area contributed by atoms with E-state index in [-0.39, 0.29) is 10.5 Å². The molecule has 0 aromatic heterocycles. The second kappa shape index (κ2) is 4.18. The summed E-state index contributed by atoms with van der Waals surface area (Å²) in [5.41, 5.74) is 0.247. The first-order valence-corrected chi connectivity index (χ1v) is 5.64. The Bertz CT molecular complexity index is 464. The average molecular weight is 251 g/mol. The number of carbonyl (C=O) groups is 1. The Labute approximate surface area is 91.0 Å². The van der Waals surface area contributed by atoms with Gasteiger partial charge in [0, 0.05) is 0 Å². The Hall–Kier alpha value is -1.11. The summed E-state index contributed by atoms with van der Waals surface area (Å²) in [6, 6.07) is 4.63. The highest BCUT2D eigenvalue weighted by Gasteiger charge is 2.17. The van der Waals surface area contributed by atoms with E-state index in [4.69, 9.17) is 21.3 Å². The van der Waals surface area contributed by atoms with Gasteiger partial charge in [-0.05, 0) is 17.7 Å². The van der Waals surface area contributed by atoms with Crippen molar-refractivity contribution < 1.29 is 22.9 Å². The van der Waals surface area contributed by atoms with Crippen molar-refractivity contribution in [2.75, 3.05) is 0 Å². The first-order valence-electron chi connectivity index (χ1n) is 3.76. The SMILES string of the molecule is O=C(O)C(Cl)c1ccc(S(=O)(=O)O)cc1. The number of hydrogen-bond acceptors (Lipinski definition) is 3. The Morgan fingerprint density at radius 1 is 1.27 bits per heavy atom. The summed E-state index contributed by atoms with van der Waals surface area (Å²) in [5.74, 6) is -1.23. The molecular formula is C8H7ClO5S. The van der Waals surface area contributed by atoms with E-state index in [1.165, 1.54) is 12.1 Å². The molecule has 7 heteroatoms. The second-order valence-electron chi connectivity index (χ2n) is 2.74. The summed E-state index contributed by atoms with van der Waals surface area (Å²) < 4.78 is 30.0. The van der Waals surface area contributed by atoms with Crippen LogP contribution in [0, 0.1) is 0 Å². The van der Waals surface area contributed by atoms with Gasteiger partial charge in [-0.2, -0.15) is 8.42 Å². The number of carboxylic acids is 1. The smallest absolute Gasteiger partial charge is 0.326 e. The molecule has 1 unspecified atom stereocenters. The molecule has 0 saturated heterocycles. The lowest BCUT2D eigenvalue weighted by Crippen LogP contribution is -2.05. The number of aliphatic carboxylic acids is 1. The van der Waals surface area contributed by atoms with E-state index in [1.54, 1.807) is 0 Å². The fourth-order valence-electron chi connectivity index (χ4n) is 0.951. The molecule has 1 aromatic carbocycles. The van der Waals surface area contributed by atoms with Gasteiger partial charge in [-0.1, -0.05) is 12.1 Å². The van der Waals surface area contributed by atoms with Crippen LogP contribution in [0.2, 0.25) is 0 Å².